The van der Waals surface area contributed by atoms with Crippen molar-refractivity contribution in [1.29, 1.82) is 0 Å². The second-order valence-corrected chi connectivity index (χ2v) is 5.10. The lowest BCUT2D eigenvalue weighted by Crippen LogP contribution is -2.40. The SMILES string of the molecule is CC1OCCC1n1c(=O)c(=O)[nH]c2cc(C(=O)O)ccc21. The molecule has 21 heavy (non-hydrogen) atoms. The van der Waals surface area contributed by atoms with E-state index in [2.05, 4.69) is 4.98 Å². The maximum absolute atomic E-state index is 12.2. The van der Waals surface area contributed by atoms with E-state index in [9.17, 15) is 14.4 Å². The maximum atomic E-state index is 12.2. The number of nitrogens with zero attached hydrogens (tertiary/aromatic N) is 1. The molecular formula is C14H14N2O5. The molecule has 1 aromatic heterocycles. The molecule has 0 radical (unpaired) electrons. The van der Waals surface area contributed by atoms with E-state index in [1.165, 1.54) is 16.7 Å². The van der Waals surface area contributed by atoms with Gasteiger partial charge in [-0.15, -0.1) is 0 Å². The van der Waals surface area contributed by atoms with Crippen molar-refractivity contribution in [3.63, 3.8) is 0 Å². The predicted octanol–water partition coefficient (Wildman–Crippen LogP) is 0.738. The lowest BCUT2D eigenvalue weighted by molar-refractivity contribution is 0.0697. The minimum atomic E-state index is -1.09. The van der Waals surface area contributed by atoms with E-state index in [1.54, 1.807) is 6.07 Å². The van der Waals surface area contributed by atoms with Crippen LogP contribution in [0.5, 0.6) is 0 Å². The van der Waals surface area contributed by atoms with Gasteiger partial charge in [0.15, 0.2) is 0 Å². The summed E-state index contributed by atoms with van der Waals surface area (Å²) in [6.07, 6.45) is 0.465. The first kappa shape index (κ1) is 13.6. The van der Waals surface area contributed by atoms with Gasteiger partial charge in [-0.1, -0.05) is 0 Å². The number of nitrogens with one attached hydrogen (secondary N) is 1. The normalized spacial score (nSPS) is 21.8. The van der Waals surface area contributed by atoms with Gasteiger partial charge in [-0.2, -0.15) is 0 Å². The molecule has 2 atom stereocenters. The van der Waals surface area contributed by atoms with Crippen molar-refractivity contribution < 1.29 is 14.6 Å². The summed E-state index contributed by atoms with van der Waals surface area (Å²) in [4.78, 5) is 37.5. The van der Waals surface area contributed by atoms with Gasteiger partial charge in [0, 0.05) is 6.61 Å². The summed E-state index contributed by atoms with van der Waals surface area (Å²) in [7, 11) is 0. The van der Waals surface area contributed by atoms with Crippen LogP contribution in [0.1, 0.15) is 29.7 Å². The highest BCUT2D eigenvalue weighted by molar-refractivity contribution is 5.92. The van der Waals surface area contributed by atoms with E-state index < -0.39 is 17.1 Å². The zero-order valence-electron chi connectivity index (χ0n) is 11.3. The van der Waals surface area contributed by atoms with Crippen molar-refractivity contribution in [2.45, 2.75) is 25.5 Å². The van der Waals surface area contributed by atoms with Crippen LogP contribution in [-0.4, -0.2) is 33.3 Å². The Labute approximate surface area is 118 Å². The minimum absolute atomic E-state index is 0.0547. The highest BCUT2D eigenvalue weighted by Gasteiger charge is 2.28. The summed E-state index contributed by atoms with van der Waals surface area (Å²) >= 11 is 0. The molecule has 0 amide bonds. The molecule has 2 aromatic rings. The molecule has 1 saturated heterocycles. The number of H-pyrrole nitrogens is 1. The lowest BCUT2D eigenvalue weighted by atomic mass is 10.1. The number of aromatic carboxylic acids is 1. The molecule has 1 aliphatic rings. The summed E-state index contributed by atoms with van der Waals surface area (Å²) in [6.45, 7) is 2.38. The van der Waals surface area contributed by atoms with Crippen molar-refractivity contribution in [3.8, 4) is 0 Å². The van der Waals surface area contributed by atoms with Crippen LogP contribution < -0.4 is 11.1 Å². The first-order valence-corrected chi connectivity index (χ1v) is 6.62. The fourth-order valence-electron chi connectivity index (χ4n) is 2.76. The smallest absolute Gasteiger partial charge is 0.335 e. The van der Waals surface area contributed by atoms with Gasteiger partial charge in [-0.25, -0.2) is 4.79 Å². The molecule has 2 N–H and O–H groups in total. The van der Waals surface area contributed by atoms with Crippen LogP contribution in [0, 0.1) is 0 Å². The average Bonchev–Trinajstić information content (AvgIpc) is 2.85. The number of aromatic nitrogens is 2. The van der Waals surface area contributed by atoms with E-state index in [0.29, 0.717) is 24.1 Å². The molecule has 7 heteroatoms. The Morgan fingerprint density at radius 3 is 2.81 bits per heavy atom. The molecule has 1 fully saturated rings. The Morgan fingerprint density at radius 1 is 1.43 bits per heavy atom. The molecular weight excluding hydrogens is 276 g/mol. The summed E-state index contributed by atoms with van der Waals surface area (Å²) in [5.41, 5.74) is -0.512. The number of hydrogen-bond acceptors (Lipinski definition) is 4. The summed E-state index contributed by atoms with van der Waals surface area (Å²) in [5, 5.41) is 9.01. The molecule has 2 heterocycles. The van der Waals surface area contributed by atoms with Gasteiger partial charge in [-0.05, 0) is 31.5 Å². The third-order valence-corrected chi connectivity index (χ3v) is 3.83. The van der Waals surface area contributed by atoms with Gasteiger partial charge in [-0.3, -0.25) is 14.2 Å². The van der Waals surface area contributed by atoms with Gasteiger partial charge in [0.1, 0.15) is 0 Å². The number of carbonyl (C=O) groups is 1. The van der Waals surface area contributed by atoms with Gasteiger partial charge in [0.05, 0.1) is 28.7 Å². The maximum Gasteiger partial charge on any atom is 0.335 e. The predicted molar refractivity (Wildman–Crippen MR) is 74.9 cm³/mol. The number of fused-ring (bicyclic) bond motifs is 1. The van der Waals surface area contributed by atoms with E-state index >= 15 is 0 Å². The second kappa shape index (κ2) is 4.85. The van der Waals surface area contributed by atoms with Crippen LogP contribution >= 0.6 is 0 Å². The zero-order valence-corrected chi connectivity index (χ0v) is 11.3. The molecule has 0 aliphatic carbocycles. The number of benzene rings is 1. The van der Waals surface area contributed by atoms with Gasteiger partial charge in [0.2, 0.25) is 0 Å². The Bertz CT molecular complexity index is 835. The van der Waals surface area contributed by atoms with Crippen molar-refractivity contribution in [3.05, 3.63) is 44.5 Å². The van der Waals surface area contributed by atoms with Gasteiger partial charge in [0.25, 0.3) is 0 Å². The first-order valence-electron chi connectivity index (χ1n) is 6.62. The molecule has 7 nitrogen and oxygen atoms in total. The molecule has 3 rings (SSSR count). The Balaban J connectivity index is 2.32. The summed E-state index contributed by atoms with van der Waals surface area (Å²) in [5.74, 6) is -1.09. The standard InChI is InChI=1S/C14H14N2O5/c1-7-10(4-5-21-7)16-11-3-2-8(14(19)20)6-9(11)15-12(17)13(16)18/h2-3,6-7,10H,4-5H2,1H3,(H,15,17)(H,19,20). The number of rotatable bonds is 2. The van der Waals surface area contributed by atoms with E-state index in [4.69, 9.17) is 9.84 Å². The van der Waals surface area contributed by atoms with Crippen LogP contribution in [-0.2, 0) is 4.74 Å². The monoisotopic (exact) mass is 290 g/mol. The largest absolute Gasteiger partial charge is 0.478 e. The molecule has 110 valence electrons. The second-order valence-electron chi connectivity index (χ2n) is 5.10. The van der Waals surface area contributed by atoms with E-state index in [0.717, 1.165) is 0 Å². The van der Waals surface area contributed by atoms with Crippen molar-refractivity contribution in [1.82, 2.24) is 9.55 Å². The Kier molecular flexibility index (Phi) is 3.13. The van der Waals surface area contributed by atoms with Gasteiger partial charge >= 0.3 is 17.1 Å². The Hall–Kier alpha value is -2.41. The highest BCUT2D eigenvalue weighted by Crippen LogP contribution is 2.27. The lowest BCUT2D eigenvalue weighted by Gasteiger charge is -2.19. The van der Waals surface area contributed by atoms with Crippen molar-refractivity contribution >= 4 is 17.0 Å². The summed E-state index contributed by atoms with van der Waals surface area (Å²) in [6, 6.07) is 4.09. The van der Waals surface area contributed by atoms with Crippen molar-refractivity contribution in [2.75, 3.05) is 6.61 Å². The quantitative estimate of drug-likeness (QED) is 0.794. The van der Waals surface area contributed by atoms with Crippen LogP contribution in [0.15, 0.2) is 27.8 Å². The molecule has 0 spiro atoms. The van der Waals surface area contributed by atoms with Crippen LogP contribution in [0.4, 0.5) is 0 Å². The average molecular weight is 290 g/mol. The molecule has 1 aliphatic heterocycles. The van der Waals surface area contributed by atoms with Crippen LogP contribution in [0.2, 0.25) is 0 Å². The number of carboxylic acid groups (broad SMARTS) is 1. The van der Waals surface area contributed by atoms with Crippen molar-refractivity contribution in [2.24, 2.45) is 0 Å². The third kappa shape index (κ3) is 2.15. The number of ether oxygens (including phenoxy) is 1. The fraction of sp³-hybridized carbons (Fsp3) is 0.357. The number of carboxylic acids is 1. The molecule has 0 bridgehead atoms. The first-order chi connectivity index (χ1) is 9.99. The highest BCUT2D eigenvalue weighted by atomic mass is 16.5. The number of hydrogen-bond donors (Lipinski definition) is 2. The van der Waals surface area contributed by atoms with Gasteiger partial charge < -0.3 is 14.8 Å². The molecule has 1 aromatic carbocycles. The van der Waals surface area contributed by atoms with Crippen LogP contribution in [0.25, 0.3) is 11.0 Å². The minimum Gasteiger partial charge on any atom is -0.478 e. The topological polar surface area (TPSA) is 101 Å². The molecule has 2 unspecified atom stereocenters. The third-order valence-electron chi connectivity index (χ3n) is 3.83. The Morgan fingerprint density at radius 2 is 2.19 bits per heavy atom. The van der Waals surface area contributed by atoms with Crippen LogP contribution in [0.3, 0.4) is 0 Å². The summed E-state index contributed by atoms with van der Waals surface area (Å²) < 4.78 is 6.87. The molecule has 0 saturated carbocycles. The van der Waals surface area contributed by atoms with E-state index in [-0.39, 0.29) is 17.7 Å². The van der Waals surface area contributed by atoms with E-state index in [1.807, 2.05) is 6.92 Å². The number of aromatic amines is 1. The fourth-order valence-corrected chi connectivity index (χ4v) is 2.76. The zero-order chi connectivity index (χ0) is 15.1.